The first kappa shape index (κ1) is 16.6. The Morgan fingerprint density at radius 1 is 1.29 bits per heavy atom. The van der Waals surface area contributed by atoms with E-state index >= 15 is 0 Å². The van der Waals surface area contributed by atoms with Crippen molar-refractivity contribution >= 4 is 11.6 Å². The van der Waals surface area contributed by atoms with E-state index in [1.807, 2.05) is 6.07 Å². The number of nitrogens with one attached hydrogen (secondary N) is 1. The van der Waals surface area contributed by atoms with Crippen LogP contribution in [0.4, 0.5) is 0 Å². The summed E-state index contributed by atoms with van der Waals surface area (Å²) in [7, 11) is 1.68. The van der Waals surface area contributed by atoms with Gasteiger partial charge >= 0.3 is 0 Å². The molecule has 2 rings (SSSR count). The molecule has 1 N–H and O–H groups in total. The van der Waals surface area contributed by atoms with Crippen LogP contribution in [0.2, 0.25) is 5.02 Å². The molecule has 1 atom stereocenters. The summed E-state index contributed by atoms with van der Waals surface area (Å²) in [5, 5.41) is 4.12. The third kappa shape index (κ3) is 4.60. The number of methoxy groups -OCH3 is 1. The number of hydrogen-bond donors (Lipinski definition) is 1. The minimum atomic E-state index is 0.477. The summed E-state index contributed by atoms with van der Waals surface area (Å²) < 4.78 is 5.39. The van der Waals surface area contributed by atoms with Gasteiger partial charge in [-0.25, -0.2) is 0 Å². The van der Waals surface area contributed by atoms with Crippen molar-refractivity contribution in [3.63, 3.8) is 0 Å². The van der Waals surface area contributed by atoms with E-state index in [9.17, 15) is 0 Å². The molecule has 0 aromatic heterocycles. The molecule has 0 radical (unpaired) electrons. The van der Waals surface area contributed by atoms with Crippen LogP contribution in [-0.2, 0) is 0 Å². The van der Waals surface area contributed by atoms with Crippen LogP contribution in [-0.4, -0.2) is 38.2 Å². The predicted molar refractivity (Wildman–Crippen MR) is 89.3 cm³/mol. The monoisotopic (exact) mass is 310 g/mol. The van der Waals surface area contributed by atoms with Gasteiger partial charge < -0.3 is 10.1 Å². The molecular formula is C17H27ClN2O. The quantitative estimate of drug-likeness (QED) is 0.774. The summed E-state index contributed by atoms with van der Waals surface area (Å²) in [6, 6.07) is 6.71. The van der Waals surface area contributed by atoms with Gasteiger partial charge in [0.05, 0.1) is 12.1 Å². The Morgan fingerprint density at radius 3 is 2.71 bits per heavy atom. The third-order valence-electron chi connectivity index (χ3n) is 4.23. The number of piperazine rings is 1. The second kappa shape index (κ2) is 8.62. The molecule has 1 aromatic carbocycles. The van der Waals surface area contributed by atoms with Gasteiger partial charge in [-0.2, -0.15) is 0 Å². The number of rotatable bonds is 7. The summed E-state index contributed by atoms with van der Waals surface area (Å²) in [5.74, 6) is 0.782. The number of halogens is 1. The molecule has 0 unspecified atom stereocenters. The summed E-state index contributed by atoms with van der Waals surface area (Å²) in [5.41, 5.74) is 1.33. The Bertz CT molecular complexity index is 433. The van der Waals surface area contributed by atoms with Crippen LogP contribution in [0.25, 0.3) is 0 Å². The van der Waals surface area contributed by atoms with Crippen LogP contribution in [0.15, 0.2) is 18.2 Å². The molecule has 1 aliphatic rings. The summed E-state index contributed by atoms with van der Waals surface area (Å²) in [6.45, 7) is 6.64. The lowest BCUT2D eigenvalue weighted by Gasteiger charge is -2.35. The average Bonchev–Trinajstić information content (AvgIpc) is 2.53. The lowest BCUT2D eigenvalue weighted by atomic mass is 9.98. The molecule has 1 fully saturated rings. The second-order valence-electron chi connectivity index (χ2n) is 5.69. The van der Waals surface area contributed by atoms with E-state index in [0.717, 1.165) is 31.9 Å². The topological polar surface area (TPSA) is 24.5 Å². The van der Waals surface area contributed by atoms with E-state index in [1.54, 1.807) is 7.11 Å². The molecule has 1 heterocycles. The van der Waals surface area contributed by atoms with Gasteiger partial charge in [0.2, 0.25) is 0 Å². The molecule has 118 valence electrons. The van der Waals surface area contributed by atoms with Gasteiger partial charge in [-0.15, -0.1) is 0 Å². The number of ether oxygens (including phenoxy) is 1. The minimum Gasteiger partial charge on any atom is -0.495 e. The Balaban J connectivity index is 2.16. The first-order valence-corrected chi connectivity index (χ1v) is 8.42. The molecule has 0 saturated carbocycles. The zero-order valence-electron chi connectivity index (χ0n) is 13.2. The smallest absolute Gasteiger partial charge is 0.137 e. The first-order valence-electron chi connectivity index (χ1n) is 8.04. The second-order valence-corrected chi connectivity index (χ2v) is 6.10. The highest BCUT2D eigenvalue weighted by molar-refractivity contribution is 6.32. The van der Waals surface area contributed by atoms with Gasteiger partial charge in [-0.05, 0) is 24.1 Å². The van der Waals surface area contributed by atoms with Crippen LogP contribution in [0.1, 0.15) is 44.2 Å². The first-order chi connectivity index (χ1) is 10.3. The van der Waals surface area contributed by atoms with Gasteiger partial charge in [0.1, 0.15) is 5.75 Å². The minimum absolute atomic E-state index is 0.477. The van der Waals surface area contributed by atoms with Crippen molar-refractivity contribution in [2.24, 2.45) is 0 Å². The van der Waals surface area contributed by atoms with Crippen LogP contribution < -0.4 is 10.1 Å². The number of nitrogens with zero attached hydrogens (tertiary/aromatic N) is 1. The molecule has 1 saturated heterocycles. The summed E-state index contributed by atoms with van der Waals surface area (Å²) >= 11 is 6.17. The maximum atomic E-state index is 6.17. The lowest BCUT2D eigenvalue weighted by molar-refractivity contribution is 0.162. The van der Waals surface area contributed by atoms with Crippen LogP contribution >= 0.6 is 11.6 Å². The fourth-order valence-electron chi connectivity index (χ4n) is 3.03. The maximum Gasteiger partial charge on any atom is 0.137 e. The number of benzene rings is 1. The largest absolute Gasteiger partial charge is 0.495 e. The molecule has 1 aromatic rings. The zero-order chi connectivity index (χ0) is 15.1. The summed E-state index contributed by atoms with van der Waals surface area (Å²) in [6.07, 6.45) is 5.04. The fraction of sp³-hybridized carbons (Fsp3) is 0.647. The number of hydrogen-bond acceptors (Lipinski definition) is 3. The van der Waals surface area contributed by atoms with Crippen molar-refractivity contribution in [2.45, 2.75) is 38.6 Å². The van der Waals surface area contributed by atoms with E-state index in [1.165, 1.54) is 31.2 Å². The standard InChI is InChI=1S/C17H27ClN2O/c1-3-4-5-6-16(20-11-9-19-10-12-20)14-7-8-15(18)17(13-14)21-2/h7-8,13,16,19H,3-6,9-12H2,1-2H3/t16-/m1/s1. The molecule has 0 aliphatic carbocycles. The lowest BCUT2D eigenvalue weighted by Crippen LogP contribution is -2.45. The third-order valence-corrected chi connectivity index (χ3v) is 4.55. The van der Waals surface area contributed by atoms with E-state index < -0.39 is 0 Å². The van der Waals surface area contributed by atoms with Crippen LogP contribution in [0, 0.1) is 0 Å². The average molecular weight is 311 g/mol. The van der Waals surface area contributed by atoms with E-state index in [2.05, 4.69) is 29.3 Å². The van der Waals surface area contributed by atoms with Crippen molar-refractivity contribution in [1.82, 2.24) is 10.2 Å². The highest BCUT2D eigenvalue weighted by Gasteiger charge is 2.22. The van der Waals surface area contributed by atoms with Gasteiger partial charge in [0.15, 0.2) is 0 Å². The Labute approximate surface area is 133 Å². The van der Waals surface area contributed by atoms with Crippen LogP contribution in [0.5, 0.6) is 5.75 Å². The van der Waals surface area contributed by atoms with Crippen molar-refractivity contribution in [1.29, 1.82) is 0 Å². The Hall–Kier alpha value is -0.770. The van der Waals surface area contributed by atoms with Gasteiger partial charge in [0.25, 0.3) is 0 Å². The van der Waals surface area contributed by atoms with Crippen molar-refractivity contribution < 1.29 is 4.74 Å². The van der Waals surface area contributed by atoms with Crippen molar-refractivity contribution in [3.05, 3.63) is 28.8 Å². The maximum absolute atomic E-state index is 6.17. The molecule has 0 amide bonds. The Morgan fingerprint density at radius 2 is 2.05 bits per heavy atom. The Kier molecular flexibility index (Phi) is 6.81. The normalized spacial score (nSPS) is 17.7. The van der Waals surface area contributed by atoms with Gasteiger partial charge in [0, 0.05) is 32.2 Å². The SMILES string of the molecule is CCCCC[C@H](c1ccc(Cl)c(OC)c1)N1CCNCC1. The molecule has 0 bridgehead atoms. The number of unbranched alkanes of at least 4 members (excludes halogenated alkanes) is 2. The highest BCUT2D eigenvalue weighted by Crippen LogP contribution is 2.33. The molecule has 3 nitrogen and oxygen atoms in total. The predicted octanol–water partition coefficient (Wildman–Crippen LogP) is 3.88. The molecule has 4 heteroatoms. The van der Waals surface area contributed by atoms with Crippen molar-refractivity contribution in [3.8, 4) is 5.75 Å². The summed E-state index contributed by atoms with van der Waals surface area (Å²) in [4.78, 5) is 2.59. The van der Waals surface area contributed by atoms with Gasteiger partial charge in [-0.1, -0.05) is 43.9 Å². The van der Waals surface area contributed by atoms with E-state index in [-0.39, 0.29) is 0 Å². The molecule has 1 aliphatic heterocycles. The van der Waals surface area contributed by atoms with Crippen LogP contribution in [0.3, 0.4) is 0 Å². The zero-order valence-corrected chi connectivity index (χ0v) is 14.0. The molecular weight excluding hydrogens is 284 g/mol. The van der Waals surface area contributed by atoms with E-state index in [4.69, 9.17) is 16.3 Å². The molecule has 21 heavy (non-hydrogen) atoms. The fourth-order valence-corrected chi connectivity index (χ4v) is 3.22. The van der Waals surface area contributed by atoms with Gasteiger partial charge in [-0.3, -0.25) is 4.90 Å². The highest BCUT2D eigenvalue weighted by atomic mass is 35.5. The van der Waals surface area contributed by atoms with E-state index in [0.29, 0.717) is 11.1 Å². The molecule has 0 spiro atoms. The van der Waals surface area contributed by atoms with Crippen molar-refractivity contribution in [2.75, 3.05) is 33.3 Å².